The Morgan fingerprint density at radius 3 is 2.04 bits per heavy atom. The zero-order valence-electron chi connectivity index (χ0n) is 41.7. The molecule has 0 saturated carbocycles. The lowest BCUT2D eigenvalue weighted by molar-refractivity contribution is 0.660. The lowest BCUT2D eigenvalue weighted by atomic mass is 9.82. The third-order valence-corrected chi connectivity index (χ3v) is 13.9. The Labute approximate surface area is 397 Å². The highest BCUT2D eigenvalue weighted by Crippen LogP contribution is 2.50. The number of para-hydroxylation sites is 4. The van der Waals surface area contributed by atoms with E-state index in [9.17, 15) is 5.26 Å². The number of hydrogen-bond acceptors (Lipinski definition) is 5. The second-order valence-corrected chi connectivity index (χ2v) is 17.9. The van der Waals surface area contributed by atoms with Crippen LogP contribution in [0.15, 0.2) is 198 Å². The average Bonchev–Trinajstić information content (AvgIpc) is 4.14. The Morgan fingerprint density at radius 1 is 0.529 bits per heavy atom. The molecule has 0 fully saturated rings. The molecule has 68 heavy (non-hydrogen) atoms. The molecular weight excluding hydrogens is 833 g/mol. The Bertz CT molecular complexity index is 4610. The molecule has 0 saturated heterocycles. The number of furan rings is 1. The van der Waals surface area contributed by atoms with Crippen molar-refractivity contribution in [2.75, 3.05) is 0 Å². The van der Waals surface area contributed by atoms with Gasteiger partial charge in [-0.15, -0.1) is 0 Å². The van der Waals surface area contributed by atoms with Crippen molar-refractivity contribution in [2.45, 2.75) is 19.3 Å². The largest absolute Gasteiger partial charge is 0.455 e. The lowest BCUT2D eigenvalue weighted by Gasteiger charge is -2.22. The van der Waals surface area contributed by atoms with E-state index in [1.165, 1.54) is 22.3 Å². The van der Waals surface area contributed by atoms with Crippen molar-refractivity contribution in [1.29, 1.82) is 5.26 Å². The number of benzene rings is 9. The molecule has 0 N–H and O–H groups in total. The lowest BCUT2D eigenvalue weighted by Crippen LogP contribution is -2.15. The first kappa shape index (κ1) is 33.4. The van der Waals surface area contributed by atoms with Crippen molar-refractivity contribution in [3.8, 4) is 62.7 Å². The average molecular weight is 876 g/mol. The van der Waals surface area contributed by atoms with Crippen LogP contribution in [0.2, 0.25) is 0 Å². The fraction of sp³-hybridized carbons (Fsp3) is 0.0492. The first-order valence-electron chi connectivity index (χ1n) is 25.0. The van der Waals surface area contributed by atoms with E-state index >= 15 is 0 Å². The summed E-state index contributed by atoms with van der Waals surface area (Å²) in [6.45, 7) is 4.60. The second kappa shape index (κ2) is 14.2. The van der Waals surface area contributed by atoms with E-state index in [0.717, 1.165) is 60.1 Å². The predicted molar refractivity (Wildman–Crippen MR) is 274 cm³/mol. The highest BCUT2D eigenvalue weighted by molar-refractivity contribution is 6.26. The van der Waals surface area contributed by atoms with E-state index < -0.39 is 30.2 Å². The van der Waals surface area contributed by atoms with Crippen molar-refractivity contribution in [3.05, 3.63) is 211 Å². The first-order valence-corrected chi connectivity index (χ1v) is 22.5. The van der Waals surface area contributed by atoms with E-state index in [4.69, 9.17) is 26.2 Å². The van der Waals surface area contributed by atoms with E-state index in [0.29, 0.717) is 33.5 Å². The summed E-state index contributed by atoms with van der Waals surface area (Å²) in [4.78, 5) is 14.6. The van der Waals surface area contributed by atoms with E-state index in [1.807, 2.05) is 66.7 Å². The molecule has 4 heterocycles. The summed E-state index contributed by atoms with van der Waals surface area (Å²) in [6, 6.07) is 55.6. The van der Waals surface area contributed by atoms with E-state index in [2.05, 4.69) is 120 Å². The van der Waals surface area contributed by atoms with Gasteiger partial charge in [0.2, 0.25) is 0 Å². The van der Waals surface area contributed by atoms with Gasteiger partial charge in [0.25, 0.3) is 0 Å². The molecule has 0 atom stereocenters. The molecular formula is C61H38N6O. The number of nitriles is 1. The zero-order valence-corrected chi connectivity index (χ0v) is 36.7. The van der Waals surface area contributed by atoms with Crippen molar-refractivity contribution in [1.82, 2.24) is 24.1 Å². The summed E-state index contributed by atoms with van der Waals surface area (Å²) in [6.07, 6.45) is 0. The molecule has 0 spiro atoms. The third-order valence-electron chi connectivity index (χ3n) is 13.9. The molecule has 7 heteroatoms. The second-order valence-electron chi connectivity index (χ2n) is 17.9. The van der Waals surface area contributed by atoms with Gasteiger partial charge in [-0.1, -0.05) is 147 Å². The minimum atomic E-state index is -0.528. The van der Waals surface area contributed by atoms with Crippen LogP contribution >= 0.6 is 0 Å². The quantitative estimate of drug-likeness (QED) is 0.172. The molecule has 0 bridgehead atoms. The topological polar surface area (TPSA) is 85.5 Å². The number of hydrogen-bond donors (Lipinski definition) is 0. The number of nitrogens with zero attached hydrogens (tertiary/aromatic N) is 6. The summed E-state index contributed by atoms with van der Waals surface area (Å²) in [7, 11) is 0. The fourth-order valence-electron chi connectivity index (χ4n) is 10.9. The van der Waals surface area contributed by atoms with Gasteiger partial charge in [0.1, 0.15) is 17.2 Å². The number of rotatable bonds is 5. The summed E-state index contributed by atoms with van der Waals surface area (Å²) < 4.78 is 54.1. The molecule has 14 rings (SSSR count). The normalized spacial score (nSPS) is 14.0. The van der Waals surface area contributed by atoms with Crippen molar-refractivity contribution in [3.63, 3.8) is 0 Å². The molecule has 13 aromatic rings. The summed E-state index contributed by atoms with van der Waals surface area (Å²) in [5, 5.41) is 17.2. The molecule has 318 valence electrons. The molecule has 7 nitrogen and oxygen atoms in total. The van der Waals surface area contributed by atoms with Crippen LogP contribution in [0.5, 0.6) is 0 Å². The third kappa shape index (κ3) is 5.37. The van der Waals surface area contributed by atoms with Crippen molar-refractivity contribution in [2.24, 2.45) is 0 Å². The smallest absolute Gasteiger partial charge is 0.167 e. The van der Waals surface area contributed by atoms with Gasteiger partial charge in [0.05, 0.1) is 45.7 Å². The molecule has 0 amide bonds. The minimum Gasteiger partial charge on any atom is -0.455 e. The van der Waals surface area contributed by atoms with Gasteiger partial charge < -0.3 is 13.6 Å². The van der Waals surface area contributed by atoms with Crippen LogP contribution < -0.4 is 0 Å². The van der Waals surface area contributed by atoms with Crippen LogP contribution in [-0.4, -0.2) is 24.1 Å². The van der Waals surface area contributed by atoms with E-state index in [1.54, 1.807) is 6.07 Å². The molecule has 9 aromatic carbocycles. The van der Waals surface area contributed by atoms with Crippen LogP contribution in [0.25, 0.3) is 122 Å². The highest BCUT2D eigenvalue weighted by Gasteiger charge is 2.35. The maximum atomic E-state index is 11.2. The van der Waals surface area contributed by atoms with Crippen LogP contribution in [0.3, 0.4) is 0 Å². The standard InChI is InChI=1S/C61H38N6O/c1-61(2)48-23-10-6-17-40(48)41-29-28-39(34-49(41)61)66-52-25-12-8-20-46(52)55-53(66)32-30-44-42-18-7-11-24-51(42)67(56(44)55)50-31-27-37(33-38(50)35-62)59-63-58(36-15-4-3-5-16-36)64-60(65-59)47-22-14-21-45-43-19-9-13-26-54(43)68-57(45)47/h3-34H,1-2H3/i3D,4D,5D,15D,16D. The number of fused-ring (bicyclic) bond motifs is 13. The van der Waals surface area contributed by atoms with Crippen LogP contribution in [0, 0.1) is 11.3 Å². The van der Waals surface area contributed by atoms with Crippen molar-refractivity contribution < 1.29 is 11.3 Å². The Kier molecular flexibility index (Phi) is 6.96. The molecule has 4 aromatic heterocycles. The van der Waals surface area contributed by atoms with Gasteiger partial charge in [0, 0.05) is 54.5 Å². The van der Waals surface area contributed by atoms with Crippen LogP contribution in [-0.2, 0) is 5.41 Å². The number of aromatic nitrogens is 5. The predicted octanol–water partition coefficient (Wildman–Crippen LogP) is 15.1. The van der Waals surface area contributed by atoms with Gasteiger partial charge in [0.15, 0.2) is 17.5 Å². The van der Waals surface area contributed by atoms with Crippen LogP contribution in [0.1, 0.15) is 37.4 Å². The summed E-state index contributed by atoms with van der Waals surface area (Å²) in [5.41, 5.74) is 12.9. The van der Waals surface area contributed by atoms with Crippen molar-refractivity contribution >= 4 is 65.6 Å². The monoisotopic (exact) mass is 875 g/mol. The first-order chi connectivity index (χ1) is 35.5. The molecule has 0 aliphatic heterocycles. The van der Waals surface area contributed by atoms with Crippen LogP contribution in [0.4, 0.5) is 0 Å². The van der Waals surface area contributed by atoms with Gasteiger partial charge in [-0.3, -0.25) is 0 Å². The molecule has 1 aliphatic carbocycles. The molecule has 0 radical (unpaired) electrons. The Balaban J connectivity index is 0.995. The maximum absolute atomic E-state index is 11.2. The highest BCUT2D eigenvalue weighted by atomic mass is 16.3. The Hall–Kier alpha value is -9.12. The van der Waals surface area contributed by atoms with Gasteiger partial charge in [-0.25, -0.2) is 15.0 Å². The minimum absolute atomic E-state index is 0.120. The van der Waals surface area contributed by atoms with Gasteiger partial charge >= 0.3 is 0 Å². The van der Waals surface area contributed by atoms with Gasteiger partial charge in [-0.05, 0) is 82.9 Å². The van der Waals surface area contributed by atoms with Gasteiger partial charge in [-0.2, -0.15) is 5.26 Å². The molecule has 1 aliphatic rings. The maximum Gasteiger partial charge on any atom is 0.167 e. The Morgan fingerprint density at radius 2 is 1.21 bits per heavy atom. The summed E-state index contributed by atoms with van der Waals surface area (Å²) >= 11 is 0. The molecule has 0 unspecified atom stereocenters. The zero-order chi connectivity index (χ0) is 49.6. The fourth-order valence-corrected chi connectivity index (χ4v) is 10.9. The van der Waals surface area contributed by atoms with E-state index in [-0.39, 0.29) is 28.5 Å². The summed E-state index contributed by atoms with van der Waals surface area (Å²) in [5.74, 6) is 0.179. The SMILES string of the molecule is [2H]c1c([2H])c([2H])c(-c2nc(-c3ccc(-n4c5ccccc5c5ccc6c(c7ccccc7n6-c6ccc7c(c6)C(C)(C)c6ccccc6-7)c54)c(C#N)c3)nc(-c3cccc4c3oc3ccccc34)n2)c([2H])c1[2H].